The van der Waals surface area contributed by atoms with Crippen molar-refractivity contribution in [3.8, 4) is 45.0 Å². The van der Waals surface area contributed by atoms with E-state index in [-0.39, 0.29) is 57.4 Å². The maximum Gasteiger partial charge on any atom is 0.166 e. The zero-order valence-electron chi connectivity index (χ0n) is 34.6. The molecule has 0 aliphatic carbocycles. The summed E-state index contributed by atoms with van der Waals surface area (Å²) in [7, 11) is 5.49. The van der Waals surface area contributed by atoms with Crippen LogP contribution in [0.5, 0.6) is 0 Å². The molecule has 0 aliphatic heterocycles. The summed E-state index contributed by atoms with van der Waals surface area (Å²) < 4.78 is 61.4. The number of aliphatic hydroxyl groups is 1. The van der Waals surface area contributed by atoms with Crippen LogP contribution in [0.4, 0.5) is 29.2 Å². The minimum absolute atomic E-state index is 0. The lowest BCUT2D eigenvalue weighted by Gasteiger charge is -2.21. The molecule has 1 N–H and O–H groups in total. The zero-order valence-corrected chi connectivity index (χ0v) is 36.2. The smallest absolute Gasteiger partial charge is 0.166 e. The molecule has 8 rings (SSSR count). The van der Waals surface area contributed by atoms with Gasteiger partial charge in [0.25, 0.3) is 0 Å². The van der Waals surface area contributed by atoms with Gasteiger partial charge >= 0.3 is 0 Å². The summed E-state index contributed by atoms with van der Waals surface area (Å²) in [5.74, 6) is -1.10. The molecule has 4 aromatic heterocycles. The normalized spacial score (nSPS) is 10.4. The Morgan fingerprint density at radius 2 is 1.00 bits per heavy atom. The predicted molar refractivity (Wildman–Crippen MR) is 259 cm³/mol. The van der Waals surface area contributed by atoms with Gasteiger partial charge in [0.05, 0.1) is 11.0 Å². The Morgan fingerprint density at radius 3 is 1.40 bits per heavy atom. The first-order chi connectivity index (χ1) is 29.7. The van der Waals surface area contributed by atoms with Gasteiger partial charge < -0.3 is 19.6 Å². The number of aliphatic hydroxyl groups excluding tert-OH is 1. The van der Waals surface area contributed by atoms with Crippen LogP contribution in [0, 0.1) is 23.3 Å². The number of fused-ring (bicyclic) bond motifs is 2. The highest BCUT2D eigenvalue weighted by Crippen LogP contribution is 2.34. The fraction of sp³-hybridized carbons (Fsp3) is 0.224. The van der Waals surface area contributed by atoms with Crippen molar-refractivity contribution in [2.45, 2.75) is 27.7 Å². The molecule has 65 heavy (non-hydrogen) atoms. The van der Waals surface area contributed by atoms with Crippen molar-refractivity contribution in [2.24, 2.45) is 0 Å². The lowest BCUT2D eigenvalue weighted by atomic mass is 10.0. The van der Waals surface area contributed by atoms with Gasteiger partial charge in [0.2, 0.25) is 0 Å². The van der Waals surface area contributed by atoms with Gasteiger partial charge in [-0.25, -0.2) is 37.5 Å². The van der Waals surface area contributed by atoms with E-state index < -0.39 is 23.3 Å². The fourth-order valence-corrected chi connectivity index (χ4v) is 6.81. The number of anilines is 2. The summed E-state index contributed by atoms with van der Waals surface area (Å²) in [6, 6.07) is 26.3. The van der Waals surface area contributed by atoms with E-state index in [9.17, 15) is 22.7 Å². The molecule has 8 aromatic rings. The van der Waals surface area contributed by atoms with Gasteiger partial charge in [-0.15, -0.1) is 24.8 Å². The SMILES string of the molecule is C.C.CN(CCCO)c1nc(-c2cccnc2)nc2ccc(-c3cccc(F)c3F)cc12.COCCCN(C)c1nc(-c2cccnc2)nc2ccc(-c3cccc(F)c3F)cc12.Cl.Cl. The summed E-state index contributed by atoms with van der Waals surface area (Å²) in [6.07, 6.45) is 8.17. The topological polar surface area (TPSA) is 113 Å². The third-order valence-corrected chi connectivity index (χ3v) is 9.93. The van der Waals surface area contributed by atoms with Gasteiger partial charge in [-0.3, -0.25) is 9.97 Å². The van der Waals surface area contributed by atoms with Crippen molar-refractivity contribution in [3.63, 3.8) is 0 Å². The minimum atomic E-state index is -0.893. The molecule has 0 bridgehead atoms. The lowest BCUT2D eigenvalue weighted by Crippen LogP contribution is -2.21. The van der Waals surface area contributed by atoms with Gasteiger partial charge in [0.15, 0.2) is 34.9 Å². The molecule has 0 atom stereocenters. The standard InChI is InChI=1S/C24H22F2N4O.C23H20F2N4O.2CH4.2ClH/c1-30(12-5-13-31-2)24-19-14-16(18-7-3-8-20(25)22(18)26)9-10-21(19)28-23(29-24)17-6-4-11-27-15-17;1-29(11-4-12-30)23-18-13-15(17-6-2-7-19(24)21(17)25)8-9-20(18)27-22(28-23)16-5-3-10-26-14-16;;;;/h3-4,6-11,14-15H,5,12-13H2,1-2H3;2-3,5-10,13-14,30H,4,11-12H2,1H3;2*1H4;2*1H. The van der Waals surface area contributed by atoms with Crippen molar-refractivity contribution in [2.75, 3.05) is 57.3 Å². The van der Waals surface area contributed by atoms with Crippen LogP contribution in [0.25, 0.3) is 66.8 Å². The number of nitrogens with zero attached hydrogens (tertiary/aromatic N) is 8. The summed E-state index contributed by atoms with van der Waals surface area (Å²) in [5.41, 5.74) is 4.44. The fourth-order valence-electron chi connectivity index (χ4n) is 6.81. The third kappa shape index (κ3) is 12.3. The number of methoxy groups -OCH3 is 1. The monoisotopic (exact) mass is 930 g/mol. The van der Waals surface area contributed by atoms with Crippen molar-refractivity contribution < 1.29 is 27.4 Å². The molecule has 0 unspecified atom stereocenters. The average Bonchev–Trinajstić information content (AvgIpc) is 3.29. The molecule has 0 amide bonds. The Hall–Kier alpha value is -6.32. The Labute approximate surface area is 389 Å². The molecule has 0 spiro atoms. The van der Waals surface area contributed by atoms with Crippen LogP contribution in [0.3, 0.4) is 0 Å². The summed E-state index contributed by atoms with van der Waals surface area (Å²) >= 11 is 0. The zero-order chi connectivity index (χ0) is 42.9. The Bertz CT molecular complexity index is 2780. The summed E-state index contributed by atoms with van der Waals surface area (Å²) in [6.45, 7) is 1.98. The molecule has 342 valence electrons. The van der Waals surface area contributed by atoms with E-state index >= 15 is 0 Å². The molecule has 0 radical (unpaired) electrons. The van der Waals surface area contributed by atoms with Crippen molar-refractivity contribution in [1.82, 2.24) is 29.9 Å². The quantitative estimate of drug-likeness (QED) is 0.0885. The van der Waals surface area contributed by atoms with E-state index in [1.54, 1.807) is 68.3 Å². The van der Waals surface area contributed by atoms with Gasteiger partial charge in [0.1, 0.15) is 11.6 Å². The van der Waals surface area contributed by atoms with E-state index in [1.165, 1.54) is 12.1 Å². The minimum Gasteiger partial charge on any atom is -0.396 e. The molecule has 0 aliphatic rings. The molecule has 16 heteroatoms. The highest BCUT2D eigenvalue weighted by atomic mass is 35.5. The van der Waals surface area contributed by atoms with Gasteiger partial charge in [0, 0.05) is 105 Å². The molecule has 4 heterocycles. The van der Waals surface area contributed by atoms with Crippen molar-refractivity contribution >= 4 is 58.3 Å². The van der Waals surface area contributed by atoms with Gasteiger partial charge in [-0.2, -0.15) is 0 Å². The Morgan fingerprint density at radius 1 is 0.554 bits per heavy atom. The van der Waals surface area contributed by atoms with Crippen molar-refractivity contribution in [1.29, 1.82) is 0 Å². The lowest BCUT2D eigenvalue weighted by molar-refractivity contribution is 0.196. The number of benzene rings is 4. The highest BCUT2D eigenvalue weighted by molar-refractivity contribution is 5.95. The molecule has 0 saturated heterocycles. The van der Waals surface area contributed by atoms with Gasteiger partial charge in [-0.05, 0) is 84.6 Å². The van der Waals surface area contributed by atoms with E-state index in [0.29, 0.717) is 76.9 Å². The van der Waals surface area contributed by atoms with Crippen LogP contribution in [-0.2, 0) is 4.74 Å². The highest BCUT2D eigenvalue weighted by Gasteiger charge is 2.18. The number of hydrogen-bond donors (Lipinski definition) is 1. The average molecular weight is 932 g/mol. The Balaban J connectivity index is 0.000000325. The Kier molecular flexibility index (Phi) is 20.1. The van der Waals surface area contributed by atoms with E-state index in [0.717, 1.165) is 35.1 Å². The summed E-state index contributed by atoms with van der Waals surface area (Å²) in [5, 5.41) is 10.7. The number of hydrogen-bond acceptors (Lipinski definition) is 10. The first kappa shape index (κ1) is 53.0. The molecule has 0 fully saturated rings. The predicted octanol–water partition coefficient (Wildman–Crippen LogP) is 11.7. The van der Waals surface area contributed by atoms with Crippen LogP contribution in [0.15, 0.2) is 122 Å². The number of aromatic nitrogens is 6. The van der Waals surface area contributed by atoms with Gasteiger partial charge in [-0.1, -0.05) is 51.3 Å². The number of pyridine rings is 2. The molecular weight excluding hydrogens is 879 g/mol. The molecular formula is C49H52Cl2F4N8O2. The first-order valence-electron chi connectivity index (χ1n) is 19.5. The van der Waals surface area contributed by atoms with E-state index in [1.807, 2.05) is 60.3 Å². The first-order valence-corrected chi connectivity index (χ1v) is 19.5. The number of rotatable bonds is 13. The number of halogens is 6. The van der Waals surface area contributed by atoms with E-state index in [2.05, 4.69) is 19.9 Å². The molecule has 10 nitrogen and oxygen atoms in total. The second kappa shape index (κ2) is 24.7. The van der Waals surface area contributed by atoms with Crippen molar-refractivity contribution in [3.05, 3.63) is 145 Å². The van der Waals surface area contributed by atoms with Crippen LogP contribution in [-0.4, -0.2) is 82.5 Å². The van der Waals surface area contributed by atoms with E-state index in [4.69, 9.17) is 14.7 Å². The second-order valence-corrected chi connectivity index (χ2v) is 14.2. The number of ether oxygens (including phenoxy) is 1. The largest absolute Gasteiger partial charge is 0.396 e. The molecule has 4 aromatic carbocycles. The van der Waals surface area contributed by atoms with Crippen LogP contribution in [0.2, 0.25) is 0 Å². The summed E-state index contributed by atoms with van der Waals surface area (Å²) in [4.78, 5) is 31.1. The second-order valence-electron chi connectivity index (χ2n) is 14.2. The van der Waals surface area contributed by atoms with Crippen LogP contribution in [0.1, 0.15) is 27.7 Å². The van der Waals surface area contributed by atoms with Crippen LogP contribution < -0.4 is 9.80 Å². The third-order valence-electron chi connectivity index (χ3n) is 9.93. The van der Waals surface area contributed by atoms with Crippen LogP contribution >= 0.6 is 24.8 Å². The molecule has 0 saturated carbocycles. The maximum absolute atomic E-state index is 14.4. The maximum atomic E-state index is 14.4.